The highest BCUT2D eigenvalue weighted by Crippen LogP contribution is 2.27. The third-order valence-corrected chi connectivity index (χ3v) is 3.94. The summed E-state index contributed by atoms with van der Waals surface area (Å²) < 4.78 is 1.98. The van der Waals surface area contributed by atoms with Gasteiger partial charge in [-0.25, -0.2) is 10.1 Å². The van der Waals surface area contributed by atoms with Crippen LogP contribution >= 0.6 is 0 Å². The molecule has 4 aromatic rings. The lowest BCUT2D eigenvalue weighted by Gasteiger charge is -2.07. The fourth-order valence-electron chi connectivity index (χ4n) is 2.89. The van der Waals surface area contributed by atoms with Crippen LogP contribution in [0.2, 0.25) is 0 Å². The third-order valence-electron chi connectivity index (χ3n) is 3.94. The van der Waals surface area contributed by atoms with Gasteiger partial charge < -0.3 is 5.73 Å². The van der Waals surface area contributed by atoms with Gasteiger partial charge in [-0.1, -0.05) is 6.07 Å². The second-order valence-corrected chi connectivity index (χ2v) is 5.31. The van der Waals surface area contributed by atoms with Crippen molar-refractivity contribution >= 4 is 16.4 Å². The number of benzene rings is 1. The van der Waals surface area contributed by atoms with E-state index in [0.29, 0.717) is 11.1 Å². The first kappa shape index (κ1) is 13.6. The molecule has 0 saturated carbocycles. The molecule has 114 valence electrons. The van der Waals surface area contributed by atoms with Gasteiger partial charge >= 0.3 is 0 Å². The molecular formula is C16H14N6O. The summed E-state index contributed by atoms with van der Waals surface area (Å²) in [7, 11) is 0. The van der Waals surface area contributed by atoms with E-state index >= 15 is 0 Å². The number of imidazole rings is 1. The number of fused-ring (bicyclic) bond motifs is 2. The van der Waals surface area contributed by atoms with E-state index in [0.717, 1.165) is 28.0 Å². The molecule has 0 aliphatic heterocycles. The van der Waals surface area contributed by atoms with Gasteiger partial charge in [0.15, 0.2) is 5.65 Å². The van der Waals surface area contributed by atoms with Crippen molar-refractivity contribution in [3.05, 3.63) is 58.5 Å². The van der Waals surface area contributed by atoms with E-state index < -0.39 is 0 Å². The Kier molecular flexibility index (Phi) is 2.95. The standard InChI is InChI=1S/C16H14N6O/c1-9-15(22-5-4-18-8-14(22)19-9)10-2-3-11-12(6-10)13(7-17)20-21-16(11)23/h2-6,8H,7,17H2,1H3,(H,21,23). The number of nitrogens with two attached hydrogens (primary N) is 1. The SMILES string of the molecule is Cc1nc2cnccn2c1-c1ccc2c(=O)[nH]nc(CN)c2c1. The van der Waals surface area contributed by atoms with Gasteiger partial charge in [0.2, 0.25) is 0 Å². The molecule has 4 rings (SSSR count). The van der Waals surface area contributed by atoms with Crippen molar-refractivity contribution in [2.45, 2.75) is 13.5 Å². The topological polar surface area (TPSA) is 102 Å². The summed E-state index contributed by atoms with van der Waals surface area (Å²) in [5.41, 5.74) is 9.78. The summed E-state index contributed by atoms with van der Waals surface area (Å²) in [6, 6.07) is 5.65. The van der Waals surface area contributed by atoms with Crippen molar-refractivity contribution in [2.75, 3.05) is 0 Å². The highest BCUT2D eigenvalue weighted by Gasteiger charge is 2.13. The number of nitrogens with one attached hydrogen (secondary N) is 1. The van der Waals surface area contributed by atoms with Gasteiger partial charge in [0.25, 0.3) is 5.56 Å². The maximum Gasteiger partial charge on any atom is 0.272 e. The van der Waals surface area contributed by atoms with E-state index in [1.807, 2.05) is 29.7 Å². The Balaban J connectivity index is 2.06. The van der Waals surface area contributed by atoms with E-state index in [2.05, 4.69) is 20.2 Å². The lowest BCUT2D eigenvalue weighted by molar-refractivity contribution is 0.900. The van der Waals surface area contributed by atoms with E-state index in [4.69, 9.17) is 5.73 Å². The van der Waals surface area contributed by atoms with Crippen LogP contribution in [-0.2, 0) is 6.54 Å². The minimum atomic E-state index is -0.220. The maximum absolute atomic E-state index is 11.9. The fourth-order valence-corrected chi connectivity index (χ4v) is 2.89. The molecule has 0 aliphatic rings. The van der Waals surface area contributed by atoms with Crippen molar-refractivity contribution < 1.29 is 0 Å². The second kappa shape index (κ2) is 4.99. The monoisotopic (exact) mass is 306 g/mol. The Hall–Kier alpha value is -3.06. The summed E-state index contributed by atoms with van der Waals surface area (Å²) in [5.74, 6) is 0. The van der Waals surface area contributed by atoms with E-state index in [1.165, 1.54) is 0 Å². The van der Waals surface area contributed by atoms with Gasteiger partial charge in [-0.05, 0) is 19.1 Å². The minimum absolute atomic E-state index is 0.220. The molecule has 3 heterocycles. The van der Waals surface area contributed by atoms with Crippen LogP contribution in [0.4, 0.5) is 0 Å². The molecule has 3 N–H and O–H groups in total. The zero-order valence-corrected chi connectivity index (χ0v) is 12.4. The van der Waals surface area contributed by atoms with E-state index in [-0.39, 0.29) is 12.1 Å². The Labute approximate surface area is 130 Å². The summed E-state index contributed by atoms with van der Waals surface area (Å²) in [6.45, 7) is 2.21. The summed E-state index contributed by atoms with van der Waals surface area (Å²) in [6.07, 6.45) is 5.31. The van der Waals surface area contributed by atoms with Crippen LogP contribution in [0.1, 0.15) is 11.4 Å². The smallest absolute Gasteiger partial charge is 0.272 e. The molecule has 3 aromatic heterocycles. The Bertz CT molecular complexity index is 1090. The highest BCUT2D eigenvalue weighted by molar-refractivity contribution is 5.88. The van der Waals surface area contributed by atoms with Gasteiger partial charge in [-0.3, -0.25) is 14.2 Å². The van der Waals surface area contributed by atoms with Gasteiger partial charge in [-0.15, -0.1) is 0 Å². The largest absolute Gasteiger partial charge is 0.325 e. The molecule has 0 fully saturated rings. The summed E-state index contributed by atoms with van der Waals surface area (Å²) in [4.78, 5) is 20.6. The predicted molar refractivity (Wildman–Crippen MR) is 87.0 cm³/mol. The predicted octanol–water partition coefficient (Wildman–Crippen LogP) is 1.40. The average molecular weight is 306 g/mol. The van der Waals surface area contributed by atoms with Crippen LogP contribution in [0, 0.1) is 6.92 Å². The molecule has 0 radical (unpaired) electrons. The zero-order valence-electron chi connectivity index (χ0n) is 12.4. The lowest BCUT2D eigenvalue weighted by Crippen LogP contribution is -2.13. The van der Waals surface area contributed by atoms with Crippen LogP contribution < -0.4 is 11.3 Å². The van der Waals surface area contributed by atoms with Gasteiger partial charge in [-0.2, -0.15) is 5.10 Å². The van der Waals surface area contributed by atoms with Gasteiger partial charge in [0.05, 0.1) is 28.7 Å². The molecule has 7 heteroatoms. The van der Waals surface area contributed by atoms with Crippen molar-refractivity contribution in [2.24, 2.45) is 5.73 Å². The normalized spacial score (nSPS) is 11.4. The molecule has 1 aromatic carbocycles. The van der Waals surface area contributed by atoms with Crippen LogP contribution in [0.15, 0.2) is 41.6 Å². The first-order chi connectivity index (χ1) is 11.2. The van der Waals surface area contributed by atoms with Crippen molar-refractivity contribution in [1.82, 2.24) is 24.6 Å². The minimum Gasteiger partial charge on any atom is -0.325 e. The average Bonchev–Trinajstić information content (AvgIpc) is 2.90. The summed E-state index contributed by atoms with van der Waals surface area (Å²) in [5, 5.41) is 7.86. The van der Waals surface area contributed by atoms with Crippen LogP contribution in [0.3, 0.4) is 0 Å². The van der Waals surface area contributed by atoms with Gasteiger partial charge in [0, 0.05) is 29.9 Å². The molecule has 0 aliphatic carbocycles. The van der Waals surface area contributed by atoms with E-state index in [9.17, 15) is 4.79 Å². The quantitative estimate of drug-likeness (QED) is 0.583. The number of aryl methyl sites for hydroxylation is 1. The van der Waals surface area contributed by atoms with Crippen molar-refractivity contribution in [3.8, 4) is 11.3 Å². The maximum atomic E-state index is 11.9. The molecule has 0 amide bonds. The van der Waals surface area contributed by atoms with Gasteiger partial charge in [0.1, 0.15) is 0 Å². The summed E-state index contributed by atoms with van der Waals surface area (Å²) >= 11 is 0. The molecule has 0 saturated heterocycles. The third kappa shape index (κ3) is 2.01. The molecule has 0 unspecified atom stereocenters. The molecule has 7 nitrogen and oxygen atoms in total. The fraction of sp³-hybridized carbons (Fsp3) is 0.125. The molecular weight excluding hydrogens is 292 g/mol. The number of hydrogen-bond donors (Lipinski definition) is 2. The number of hydrogen-bond acceptors (Lipinski definition) is 5. The highest BCUT2D eigenvalue weighted by atomic mass is 16.1. The molecule has 0 spiro atoms. The number of rotatable bonds is 2. The first-order valence-electron chi connectivity index (χ1n) is 7.19. The van der Waals surface area contributed by atoms with Crippen LogP contribution in [0.25, 0.3) is 27.7 Å². The first-order valence-corrected chi connectivity index (χ1v) is 7.19. The number of nitrogens with zero attached hydrogens (tertiary/aromatic N) is 4. The Morgan fingerprint density at radius 3 is 3.00 bits per heavy atom. The molecule has 0 bridgehead atoms. The number of aromatic nitrogens is 5. The van der Waals surface area contributed by atoms with Crippen LogP contribution in [-0.4, -0.2) is 24.6 Å². The second-order valence-electron chi connectivity index (χ2n) is 5.31. The number of aromatic amines is 1. The molecule has 23 heavy (non-hydrogen) atoms. The lowest BCUT2D eigenvalue weighted by atomic mass is 10.0. The Morgan fingerprint density at radius 2 is 2.17 bits per heavy atom. The zero-order chi connectivity index (χ0) is 16.0. The Morgan fingerprint density at radius 1 is 1.30 bits per heavy atom. The van der Waals surface area contributed by atoms with E-state index in [1.54, 1.807) is 18.5 Å². The van der Waals surface area contributed by atoms with Crippen molar-refractivity contribution in [1.29, 1.82) is 0 Å². The van der Waals surface area contributed by atoms with Crippen LogP contribution in [0.5, 0.6) is 0 Å². The van der Waals surface area contributed by atoms with Crippen molar-refractivity contribution in [3.63, 3.8) is 0 Å². The molecule has 0 atom stereocenters. The number of H-pyrrole nitrogens is 1.